The first-order chi connectivity index (χ1) is 14.1. The smallest absolute Gasteiger partial charge is 0.251 e. The Kier molecular flexibility index (Phi) is 7.08. The van der Waals surface area contributed by atoms with E-state index in [1.165, 1.54) is 5.56 Å². The van der Waals surface area contributed by atoms with Gasteiger partial charge in [0, 0.05) is 25.1 Å². The van der Waals surface area contributed by atoms with E-state index in [-0.39, 0.29) is 5.91 Å². The van der Waals surface area contributed by atoms with Crippen LogP contribution >= 0.6 is 0 Å². The Morgan fingerprint density at radius 3 is 2.59 bits per heavy atom. The van der Waals surface area contributed by atoms with Crippen molar-refractivity contribution in [3.05, 3.63) is 59.4 Å². The van der Waals surface area contributed by atoms with Crippen molar-refractivity contribution in [2.75, 3.05) is 19.8 Å². The lowest BCUT2D eigenvalue weighted by Crippen LogP contribution is -2.27. The van der Waals surface area contributed by atoms with Crippen molar-refractivity contribution in [2.45, 2.75) is 33.6 Å². The maximum absolute atomic E-state index is 12.8. The van der Waals surface area contributed by atoms with Crippen LogP contribution < -0.4 is 5.32 Å². The molecular weight excluding hydrogens is 366 g/mol. The molecule has 0 saturated heterocycles. The van der Waals surface area contributed by atoms with Gasteiger partial charge in [0.15, 0.2) is 5.82 Å². The van der Waals surface area contributed by atoms with Crippen LogP contribution in [-0.4, -0.2) is 45.9 Å². The van der Waals surface area contributed by atoms with Crippen LogP contribution in [0.3, 0.4) is 0 Å². The molecule has 0 unspecified atom stereocenters. The van der Waals surface area contributed by atoms with Crippen LogP contribution in [0.4, 0.5) is 0 Å². The molecule has 3 rings (SSSR count). The number of hydrogen-bond donors (Lipinski definition) is 1. The molecule has 7 nitrogen and oxygen atoms in total. The first-order valence-corrected chi connectivity index (χ1v) is 9.98. The monoisotopic (exact) mass is 393 g/mol. The van der Waals surface area contributed by atoms with Crippen LogP contribution in [0.15, 0.2) is 42.5 Å². The number of tetrazole rings is 1. The average molecular weight is 393 g/mol. The van der Waals surface area contributed by atoms with E-state index in [1.807, 2.05) is 32.0 Å². The number of hydrogen-bond acceptors (Lipinski definition) is 5. The molecule has 29 heavy (non-hydrogen) atoms. The normalized spacial score (nSPS) is 10.9. The maximum atomic E-state index is 12.8. The summed E-state index contributed by atoms with van der Waals surface area (Å²) in [5.41, 5.74) is 4.48. The van der Waals surface area contributed by atoms with E-state index >= 15 is 0 Å². The van der Waals surface area contributed by atoms with Gasteiger partial charge in [0.25, 0.3) is 5.91 Å². The van der Waals surface area contributed by atoms with Gasteiger partial charge in [0.05, 0.1) is 12.3 Å². The molecule has 0 aliphatic heterocycles. The minimum atomic E-state index is -0.147. The summed E-state index contributed by atoms with van der Waals surface area (Å²) < 4.78 is 7.12. The summed E-state index contributed by atoms with van der Waals surface area (Å²) in [7, 11) is 0. The molecule has 0 aliphatic carbocycles. The Balaban J connectivity index is 1.92. The van der Waals surface area contributed by atoms with Gasteiger partial charge in [-0.05, 0) is 53.1 Å². The number of ether oxygens (including phenoxy) is 1. The third kappa shape index (κ3) is 5.26. The standard InChI is InChI=1S/C22H27N5O2/c1-4-11-29-12-10-23-22(28)19-13-18(17-8-6-16(3)7-9-17)14-20(15-19)27-21(5-2)24-25-26-27/h6-9,13-15H,4-5,10-12H2,1-3H3,(H,23,28). The van der Waals surface area contributed by atoms with Gasteiger partial charge in [-0.1, -0.05) is 43.7 Å². The zero-order valence-corrected chi connectivity index (χ0v) is 17.2. The van der Waals surface area contributed by atoms with Gasteiger partial charge in [-0.2, -0.15) is 4.68 Å². The Morgan fingerprint density at radius 2 is 1.86 bits per heavy atom. The van der Waals surface area contributed by atoms with Crippen molar-refractivity contribution in [3.8, 4) is 16.8 Å². The van der Waals surface area contributed by atoms with Crippen molar-refractivity contribution in [2.24, 2.45) is 0 Å². The van der Waals surface area contributed by atoms with E-state index in [2.05, 4.69) is 52.0 Å². The van der Waals surface area contributed by atoms with Crippen LogP contribution in [0, 0.1) is 6.92 Å². The molecule has 0 fully saturated rings. The minimum Gasteiger partial charge on any atom is -0.380 e. The topological polar surface area (TPSA) is 81.9 Å². The molecule has 0 radical (unpaired) electrons. The molecule has 0 bridgehead atoms. The molecule has 0 spiro atoms. The number of aromatic nitrogens is 4. The summed E-state index contributed by atoms with van der Waals surface area (Å²) in [6.45, 7) is 7.76. The molecule has 1 N–H and O–H groups in total. The number of rotatable bonds is 9. The number of carbonyl (C=O) groups is 1. The Morgan fingerprint density at radius 1 is 1.07 bits per heavy atom. The zero-order valence-electron chi connectivity index (χ0n) is 17.2. The molecule has 7 heteroatoms. The van der Waals surface area contributed by atoms with Crippen molar-refractivity contribution in [1.29, 1.82) is 0 Å². The second kappa shape index (κ2) is 9.93. The first kappa shape index (κ1) is 20.7. The van der Waals surface area contributed by atoms with Crippen LogP contribution in [0.1, 0.15) is 42.0 Å². The SMILES string of the molecule is CCCOCCNC(=O)c1cc(-c2ccc(C)cc2)cc(-n2nnnc2CC)c1. The highest BCUT2D eigenvalue weighted by molar-refractivity contribution is 5.96. The van der Waals surface area contributed by atoms with E-state index in [0.717, 1.165) is 29.1 Å². The lowest BCUT2D eigenvalue weighted by atomic mass is 10.0. The molecule has 1 amide bonds. The molecule has 2 aromatic carbocycles. The summed E-state index contributed by atoms with van der Waals surface area (Å²) in [6.07, 6.45) is 1.65. The number of nitrogens with one attached hydrogen (secondary N) is 1. The molecule has 0 aliphatic rings. The molecule has 152 valence electrons. The van der Waals surface area contributed by atoms with Crippen LogP contribution in [-0.2, 0) is 11.2 Å². The summed E-state index contributed by atoms with van der Waals surface area (Å²) in [5.74, 6) is 0.594. The van der Waals surface area contributed by atoms with Crippen LogP contribution in [0.5, 0.6) is 0 Å². The van der Waals surface area contributed by atoms with Gasteiger partial charge >= 0.3 is 0 Å². The fourth-order valence-corrected chi connectivity index (χ4v) is 2.99. The molecular formula is C22H27N5O2. The van der Waals surface area contributed by atoms with Crippen LogP contribution in [0.2, 0.25) is 0 Å². The second-order valence-corrected chi connectivity index (χ2v) is 6.86. The molecule has 1 heterocycles. The highest BCUT2D eigenvalue weighted by Crippen LogP contribution is 2.25. The zero-order chi connectivity index (χ0) is 20.6. The van der Waals surface area contributed by atoms with Gasteiger partial charge < -0.3 is 10.1 Å². The number of benzene rings is 2. The van der Waals surface area contributed by atoms with E-state index in [0.29, 0.717) is 31.7 Å². The fraction of sp³-hybridized carbons (Fsp3) is 0.364. The lowest BCUT2D eigenvalue weighted by Gasteiger charge is -2.12. The van der Waals surface area contributed by atoms with E-state index in [4.69, 9.17) is 4.74 Å². The number of aryl methyl sites for hydroxylation is 2. The highest BCUT2D eigenvalue weighted by Gasteiger charge is 2.14. The second-order valence-electron chi connectivity index (χ2n) is 6.86. The average Bonchev–Trinajstić information content (AvgIpc) is 3.22. The summed E-state index contributed by atoms with van der Waals surface area (Å²) in [6, 6.07) is 13.9. The predicted molar refractivity (Wildman–Crippen MR) is 112 cm³/mol. The Labute approximate surface area is 171 Å². The lowest BCUT2D eigenvalue weighted by molar-refractivity contribution is 0.0915. The van der Waals surface area contributed by atoms with Crippen molar-refractivity contribution < 1.29 is 9.53 Å². The maximum Gasteiger partial charge on any atom is 0.251 e. The van der Waals surface area contributed by atoms with E-state index < -0.39 is 0 Å². The summed E-state index contributed by atoms with van der Waals surface area (Å²) >= 11 is 0. The summed E-state index contributed by atoms with van der Waals surface area (Å²) in [5, 5.41) is 14.9. The van der Waals surface area contributed by atoms with Crippen molar-refractivity contribution in [3.63, 3.8) is 0 Å². The molecule has 0 atom stereocenters. The van der Waals surface area contributed by atoms with Crippen molar-refractivity contribution in [1.82, 2.24) is 25.5 Å². The Hall–Kier alpha value is -3.06. The van der Waals surface area contributed by atoms with Crippen molar-refractivity contribution >= 4 is 5.91 Å². The third-order valence-electron chi connectivity index (χ3n) is 4.54. The van der Waals surface area contributed by atoms with E-state index in [9.17, 15) is 4.79 Å². The highest BCUT2D eigenvalue weighted by atomic mass is 16.5. The van der Waals surface area contributed by atoms with Gasteiger partial charge in [0.2, 0.25) is 0 Å². The molecule has 1 aromatic heterocycles. The van der Waals surface area contributed by atoms with E-state index in [1.54, 1.807) is 4.68 Å². The summed E-state index contributed by atoms with van der Waals surface area (Å²) in [4.78, 5) is 12.8. The Bertz CT molecular complexity index is 950. The molecule has 3 aromatic rings. The fourth-order valence-electron chi connectivity index (χ4n) is 2.99. The predicted octanol–water partition coefficient (Wildman–Crippen LogP) is 3.36. The van der Waals surface area contributed by atoms with Gasteiger partial charge in [-0.3, -0.25) is 4.79 Å². The number of nitrogens with zero attached hydrogens (tertiary/aromatic N) is 4. The number of amides is 1. The van der Waals surface area contributed by atoms with Gasteiger partial charge in [-0.25, -0.2) is 0 Å². The minimum absolute atomic E-state index is 0.147. The quantitative estimate of drug-likeness (QED) is 0.564. The van der Waals surface area contributed by atoms with Gasteiger partial charge in [-0.15, -0.1) is 5.10 Å². The molecule has 0 saturated carbocycles. The largest absolute Gasteiger partial charge is 0.380 e. The van der Waals surface area contributed by atoms with Gasteiger partial charge in [0.1, 0.15) is 0 Å². The first-order valence-electron chi connectivity index (χ1n) is 9.98. The number of carbonyl (C=O) groups excluding carboxylic acids is 1. The third-order valence-corrected chi connectivity index (χ3v) is 4.54. The van der Waals surface area contributed by atoms with Crippen LogP contribution in [0.25, 0.3) is 16.8 Å².